The molecular weight excluding hydrogens is 244 g/mol. The maximum Gasteiger partial charge on any atom is 0.326 e. The van der Waals surface area contributed by atoms with Gasteiger partial charge >= 0.3 is 5.97 Å². The van der Waals surface area contributed by atoms with Crippen LogP contribution in [-0.2, 0) is 4.79 Å². The zero-order chi connectivity index (χ0) is 14.3. The number of carbonyl (C=O) groups excluding carboxylic acids is 1. The van der Waals surface area contributed by atoms with Gasteiger partial charge in [0.15, 0.2) is 0 Å². The summed E-state index contributed by atoms with van der Waals surface area (Å²) in [7, 11) is 0. The van der Waals surface area contributed by atoms with Gasteiger partial charge in [0, 0.05) is 5.56 Å². The third-order valence-electron chi connectivity index (χ3n) is 2.70. The summed E-state index contributed by atoms with van der Waals surface area (Å²) in [5, 5.41) is 20.3. The number of nitrogens with one attached hydrogen (secondary N) is 1. The van der Waals surface area contributed by atoms with E-state index < -0.39 is 17.9 Å². The molecule has 5 heteroatoms. The fraction of sp³-hybridized carbons (Fsp3) is 0.357. The predicted molar refractivity (Wildman–Crippen MR) is 69.6 cm³/mol. The lowest BCUT2D eigenvalue weighted by molar-refractivity contribution is -0.139. The SMILES string of the molecule is CCCC[C@H](NC(=O)c1cccc(C#N)c1)C(=O)O. The molecule has 2 N–H and O–H groups in total. The second kappa shape index (κ2) is 7.17. The van der Waals surface area contributed by atoms with Gasteiger partial charge in [-0.25, -0.2) is 4.79 Å². The van der Waals surface area contributed by atoms with E-state index in [0.717, 1.165) is 12.8 Å². The van der Waals surface area contributed by atoms with Gasteiger partial charge in [-0.15, -0.1) is 0 Å². The van der Waals surface area contributed by atoms with Crippen LogP contribution in [0.4, 0.5) is 0 Å². The second-order valence-electron chi connectivity index (χ2n) is 4.20. The van der Waals surface area contributed by atoms with Gasteiger partial charge in [-0.3, -0.25) is 4.79 Å². The minimum Gasteiger partial charge on any atom is -0.480 e. The number of nitriles is 1. The molecule has 0 aliphatic rings. The molecule has 0 aromatic heterocycles. The topological polar surface area (TPSA) is 90.2 Å². The fourth-order valence-electron chi connectivity index (χ4n) is 1.64. The van der Waals surface area contributed by atoms with Crippen molar-refractivity contribution >= 4 is 11.9 Å². The molecule has 0 spiro atoms. The van der Waals surface area contributed by atoms with E-state index in [-0.39, 0.29) is 0 Å². The van der Waals surface area contributed by atoms with Crippen molar-refractivity contribution in [2.45, 2.75) is 32.2 Å². The number of carboxylic acids is 1. The highest BCUT2D eigenvalue weighted by molar-refractivity contribution is 5.96. The number of unbranched alkanes of at least 4 members (excludes halogenated alkanes) is 1. The molecular formula is C14H16N2O3. The van der Waals surface area contributed by atoms with Crippen LogP contribution in [0.3, 0.4) is 0 Å². The van der Waals surface area contributed by atoms with Crippen molar-refractivity contribution in [1.82, 2.24) is 5.32 Å². The molecule has 0 saturated heterocycles. The lowest BCUT2D eigenvalue weighted by Gasteiger charge is -2.14. The summed E-state index contributed by atoms with van der Waals surface area (Å²) in [6.07, 6.45) is 1.99. The number of amides is 1. The third kappa shape index (κ3) is 4.43. The van der Waals surface area contributed by atoms with Gasteiger partial charge in [0.25, 0.3) is 5.91 Å². The molecule has 0 saturated carbocycles. The summed E-state index contributed by atoms with van der Waals surface area (Å²) in [5.41, 5.74) is 0.662. The Morgan fingerprint density at radius 2 is 2.21 bits per heavy atom. The lowest BCUT2D eigenvalue weighted by atomic mass is 10.1. The average molecular weight is 260 g/mol. The molecule has 0 aliphatic carbocycles. The molecule has 1 rings (SSSR count). The van der Waals surface area contributed by atoms with E-state index in [1.165, 1.54) is 6.07 Å². The summed E-state index contributed by atoms with van der Waals surface area (Å²) < 4.78 is 0. The molecule has 0 aliphatic heterocycles. The Labute approximate surface area is 111 Å². The van der Waals surface area contributed by atoms with E-state index in [1.807, 2.05) is 13.0 Å². The lowest BCUT2D eigenvalue weighted by Crippen LogP contribution is -2.40. The van der Waals surface area contributed by atoms with Crippen molar-refractivity contribution in [2.75, 3.05) is 0 Å². The number of nitrogens with zero attached hydrogens (tertiary/aromatic N) is 1. The number of carboxylic acid groups (broad SMARTS) is 1. The van der Waals surface area contributed by atoms with Gasteiger partial charge in [-0.2, -0.15) is 5.26 Å². The van der Waals surface area contributed by atoms with Gasteiger partial charge in [-0.05, 0) is 24.6 Å². The van der Waals surface area contributed by atoms with E-state index in [9.17, 15) is 9.59 Å². The highest BCUT2D eigenvalue weighted by Crippen LogP contribution is 2.06. The van der Waals surface area contributed by atoms with Crippen molar-refractivity contribution in [3.8, 4) is 6.07 Å². The van der Waals surface area contributed by atoms with Crippen LogP contribution in [0.15, 0.2) is 24.3 Å². The molecule has 1 aromatic rings. The van der Waals surface area contributed by atoms with E-state index in [0.29, 0.717) is 17.5 Å². The van der Waals surface area contributed by atoms with E-state index in [2.05, 4.69) is 5.32 Å². The maximum atomic E-state index is 11.9. The molecule has 1 aromatic carbocycles. The Morgan fingerprint density at radius 1 is 1.47 bits per heavy atom. The molecule has 0 fully saturated rings. The normalized spacial score (nSPS) is 11.4. The van der Waals surface area contributed by atoms with E-state index in [4.69, 9.17) is 10.4 Å². The van der Waals surface area contributed by atoms with Crippen molar-refractivity contribution in [3.63, 3.8) is 0 Å². The first-order valence-electron chi connectivity index (χ1n) is 6.12. The molecule has 1 atom stereocenters. The van der Waals surface area contributed by atoms with Gasteiger partial charge in [-0.1, -0.05) is 25.8 Å². The zero-order valence-electron chi connectivity index (χ0n) is 10.7. The van der Waals surface area contributed by atoms with E-state index >= 15 is 0 Å². The molecule has 100 valence electrons. The standard InChI is InChI=1S/C14H16N2O3/c1-2-3-7-12(14(18)19)16-13(17)11-6-4-5-10(8-11)9-15/h4-6,8,12H,2-3,7H2,1H3,(H,16,17)(H,18,19)/t12-/m0/s1. The average Bonchev–Trinajstić information content (AvgIpc) is 2.42. The summed E-state index contributed by atoms with van der Waals surface area (Å²) in [6, 6.07) is 7.21. The quantitative estimate of drug-likeness (QED) is 0.817. The van der Waals surface area contributed by atoms with Crippen molar-refractivity contribution in [3.05, 3.63) is 35.4 Å². The summed E-state index contributed by atoms with van der Waals surface area (Å²) >= 11 is 0. The maximum absolute atomic E-state index is 11.9. The van der Waals surface area contributed by atoms with Gasteiger partial charge in [0.1, 0.15) is 6.04 Å². The first kappa shape index (κ1) is 14.7. The monoisotopic (exact) mass is 260 g/mol. The second-order valence-corrected chi connectivity index (χ2v) is 4.20. The Balaban J connectivity index is 2.76. The molecule has 1 amide bonds. The molecule has 0 heterocycles. The number of hydrogen-bond donors (Lipinski definition) is 2. The zero-order valence-corrected chi connectivity index (χ0v) is 10.7. The first-order valence-corrected chi connectivity index (χ1v) is 6.12. The van der Waals surface area contributed by atoms with Crippen LogP contribution >= 0.6 is 0 Å². The number of hydrogen-bond acceptors (Lipinski definition) is 3. The van der Waals surface area contributed by atoms with Crippen LogP contribution in [0.2, 0.25) is 0 Å². The van der Waals surface area contributed by atoms with Crippen LogP contribution in [0.1, 0.15) is 42.1 Å². The highest BCUT2D eigenvalue weighted by atomic mass is 16.4. The number of benzene rings is 1. The van der Waals surface area contributed by atoms with Crippen molar-refractivity contribution < 1.29 is 14.7 Å². The van der Waals surface area contributed by atoms with Gasteiger partial charge in [0.2, 0.25) is 0 Å². The summed E-state index contributed by atoms with van der Waals surface area (Å²) in [6.45, 7) is 1.96. The van der Waals surface area contributed by atoms with Crippen molar-refractivity contribution in [2.24, 2.45) is 0 Å². The van der Waals surface area contributed by atoms with Crippen molar-refractivity contribution in [1.29, 1.82) is 5.26 Å². The minimum absolute atomic E-state index is 0.293. The Bertz CT molecular complexity index is 506. The smallest absolute Gasteiger partial charge is 0.326 e. The Hall–Kier alpha value is -2.35. The molecule has 5 nitrogen and oxygen atoms in total. The van der Waals surface area contributed by atoms with Crippen LogP contribution in [0.5, 0.6) is 0 Å². The van der Waals surface area contributed by atoms with Gasteiger partial charge in [0.05, 0.1) is 11.6 Å². The Morgan fingerprint density at radius 3 is 2.79 bits per heavy atom. The van der Waals surface area contributed by atoms with Gasteiger partial charge < -0.3 is 10.4 Å². The summed E-state index contributed by atoms with van der Waals surface area (Å²) in [5.74, 6) is -1.51. The van der Waals surface area contributed by atoms with Crippen LogP contribution < -0.4 is 5.32 Å². The molecule has 19 heavy (non-hydrogen) atoms. The largest absolute Gasteiger partial charge is 0.480 e. The number of carbonyl (C=O) groups is 2. The highest BCUT2D eigenvalue weighted by Gasteiger charge is 2.19. The number of aliphatic carboxylic acids is 1. The van der Waals surface area contributed by atoms with E-state index in [1.54, 1.807) is 18.2 Å². The summed E-state index contributed by atoms with van der Waals surface area (Å²) in [4.78, 5) is 22.9. The molecule has 0 radical (unpaired) electrons. The minimum atomic E-state index is -1.04. The molecule has 0 bridgehead atoms. The van der Waals surface area contributed by atoms with Crippen LogP contribution in [0, 0.1) is 11.3 Å². The third-order valence-corrected chi connectivity index (χ3v) is 2.70. The first-order chi connectivity index (χ1) is 9.08. The molecule has 0 unspecified atom stereocenters. The Kier molecular flexibility index (Phi) is 5.55. The number of rotatable bonds is 6. The van der Waals surface area contributed by atoms with Crippen LogP contribution in [-0.4, -0.2) is 23.0 Å². The van der Waals surface area contributed by atoms with Crippen LogP contribution in [0.25, 0.3) is 0 Å². The fourth-order valence-corrected chi connectivity index (χ4v) is 1.64. The predicted octanol–water partition coefficient (Wildman–Crippen LogP) is 1.93.